The number of hydrogen-bond acceptors (Lipinski definition) is 2. The maximum Gasteiger partial charge on any atom is 0.330 e. The third kappa shape index (κ3) is 7.32. The van der Waals surface area contributed by atoms with Gasteiger partial charge in [0.05, 0.1) is 6.61 Å². The first-order valence-electron chi connectivity index (χ1n) is 3.75. The Labute approximate surface area is 69.3 Å². The van der Waals surface area contributed by atoms with Crippen LogP contribution in [0.1, 0.15) is 0 Å². The smallest absolute Gasteiger partial charge is 0.330 e. The molecule has 11 heavy (non-hydrogen) atoms. The summed E-state index contributed by atoms with van der Waals surface area (Å²) < 4.78 is 4.84. The standard InChI is InChI=1S/C8H16O2Si/c1-5-8(9)10-6-7-11(2,3)4/h5H,1,6-7H2,2-4H3. The summed E-state index contributed by atoms with van der Waals surface area (Å²) in [5.41, 5.74) is 0. The molecule has 0 bridgehead atoms. The summed E-state index contributed by atoms with van der Waals surface area (Å²) in [7, 11) is -1.05. The topological polar surface area (TPSA) is 26.3 Å². The average Bonchev–Trinajstić information content (AvgIpc) is 1.85. The fraction of sp³-hybridized carbons (Fsp3) is 0.625. The lowest BCUT2D eigenvalue weighted by molar-refractivity contribution is -0.137. The van der Waals surface area contributed by atoms with Crippen LogP contribution in [0.5, 0.6) is 0 Å². The van der Waals surface area contributed by atoms with Gasteiger partial charge < -0.3 is 4.74 Å². The van der Waals surface area contributed by atoms with Gasteiger partial charge in [-0.05, 0) is 6.04 Å². The van der Waals surface area contributed by atoms with Gasteiger partial charge in [0.1, 0.15) is 0 Å². The normalized spacial score (nSPS) is 10.8. The fourth-order valence-corrected chi connectivity index (χ4v) is 1.23. The summed E-state index contributed by atoms with van der Waals surface area (Å²) in [6.07, 6.45) is 1.20. The third-order valence-electron chi connectivity index (χ3n) is 1.26. The number of carbonyl (C=O) groups excluding carboxylic acids is 1. The number of hydrogen-bond donors (Lipinski definition) is 0. The maximum atomic E-state index is 10.6. The summed E-state index contributed by atoms with van der Waals surface area (Å²) in [5.74, 6) is -0.316. The highest BCUT2D eigenvalue weighted by atomic mass is 28.3. The molecular weight excluding hydrogens is 156 g/mol. The molecule has 0 aliphatic rings. The zero-order chi connectivity index (χ0) is 8.91. The number of rotatable bonds is 4. The van der Waals surface area contributed by atoms with Crippen LogP contribution >= 0.6 is 0 Å². The van der Waals surface area contributed by atoms with E-state index in [0.717, 1.165) is 6.04 Å². The summed E-state index contributed by atoms with van der Waals surface area (Å²) in [4.78, 5) is 10.6. The summed E-state index contributed by atoms with van der Waals surface area (Å²) in [6, 6.07) is 1.02. The van der Waals surface area contributed by atoms with Crippen molar-refractivity contribution in [2.45, 2.75) is 25.7 Å². The van der Waals surface area contributed by atoms with Gasteiger partial charge in [-0.2, -0.15) is 0 Å². The highest BCUT2D eigenvalue weighted by Gasteiger charge is 2.12. The molecule has 0 aromatic heterocycles. The second kappa shape index (κ2) is 4.33. The molecule has 0 saturated heterocycles. The van der Waals surface area contributed by atoms with Crippen molar-refractivity contribution in [2.75, 3.05) is 6.61 Å². The van der Waals surface area contributed by atoms with Crippen LogP contribution in [0.2, 0.25) is 25.7 Å². The Bertz CT molecular complexity index is 147. The van der Waals surface area contributed by atoms with E-state index in [0.29, 0.717) is 6.61 Å². The van der Waals surface area contributed by atoms with E-state index in [9.17, 15) is 4.79 Å². The Morgan fingerprint density at radius 1 is 1.55 bits per heavy atom. The van der Waals surface area contributed by atoms with Crippen molar-refractivity contribution >= 4 is 14.0 Å². The van der Waals surface area contributed by atoms with Gasteiger partial charge >= 0.3 is 5.97 Å². The van der Waals surface area contributed by atoms with Crippen LogP contribution in [-0.4, -0.2) is 20.7 Å². The monoisotopic (exact) mass is 172 g/mol. The van der Waals surface area contributed by atoms with E-state index in [1.165, 1.54) is 6.08 Å². The molecule has 0 N–H and O–H groups in total. The van der Waals surface area contributed by atoms with Gasteiger partial charge in [0.15, 0.2) is 0 Å². The highest BCUT2D eigenvalue weighted by Crippen LogP contribution is 2.07. The van der Waals surface area contributed by atoms with Crippen molar-refractivity contribution in [3.05, 3.63) is 12.7 Å². The molecule has 0 amide bonds. The minimum Gasteiger partial charge on any atom is -0.463 e. The van der Waals surface area contributed by atoms with E-state index in [2.05, 4.69) is 26.2 Å². The van der Waals surface area contributed by atoms with Crippen LogP contribution in [0.15, 0.2) is 12.7 Å². The summed E-state index contributed by atoms with van der Waals surface area (Å²) >= 11 is 0. The molecule has 0 saturated carbocycles. The van der Waals surface area contributed by atoms with Gasteiger partial charge in [0.25, 0.3) is 0 Å². The molecule has 2 nitrogen and oxygen atoms in total. The fourth-order valence-electron chi connectivity index (χ4n) is 0.517. The first kappa shape index (κ1) is 10.4. The van der Waals surface area contributed by atoms with E-state index in [1.807, 2.05) is 0 Å². The molecule has 0 radical (unpaired) electrons. The van der Waals surface area contributed by atoms with Crippen molar-refractivity contribution in [3.8, 4) is 0 Å². The van der Waals surface area contributed by atoms with E-state index in [4.69, 9.17) is 4.74 Å². The van der Waals surface area contributed by atoms with E-state index < -0.39 is 8.07 Å². The van der Waals surface area contributed by atoms with Crippen molar-refractivity contribution < 1.29 is 9.53 Å². The first-order chi connectivity index (χ1) is 4.95. The summed E-state index contributed by atoms with van der Waals surface area (Å²) in [5, 5.41) is 0. The summed E-state index contributed by atoms with van der Waals surface area (Å²) in [6.45, 7) is 10.6. The number of ether oxygens (including phenoxy) is 1. The van der Waals surface area contributed by atoms with Crippen LogP contribution < -0.4 is 0 Å². The molecule has 0 fully saturated rings. The van der Waals surface area contributed by atoms with Gasteiger partial charge in [0, 0.05) is 14.1 Å². The van der Waals surface area contributed by atoms with Gasteiger partial charge in [-0.25, -0.2) is 4.79 Å². The molecule has 0 aromatic carbocycles. The molecule has 0 unspecified atom stereocenters. The van der Waals surface area contributed by atoms with E-state index in [1.54, 1.807) is 0 Å². The predicted molar refractivity (Wildman–Crippen MR) is 49.3 cm³/mol. The van der Waals surface area contributed by atoms with Crippen LogP contribution in [-0.2, 0) is 9.53 Å². The lowest BCUT2D eigenvalue weighted by Crippen LogP contribution is -2.22. The number of carbonyl (C=O) groups is 1. The third-order valence-corrected chi connectivity index (χ3v) is 2.97. The molecule has 0 spiro atoms. The Hall–Kier alpha value is -0.573. The van der Waals surface area contributed by atoms with Gasteiger partial charge in [-0.3, -0.25) is 0 Å². The van der Waals surface area contributed by atoms with E-state index in [-0.39, 0.29) is 5.97 Å². The molecule has 0 rings (SSSR count). The quantitative estimate of drug-likeness (QED) is 0.368. The second-order valence-electron chi connectivity index (χ2n) is 3.68. The lowest BCUT2D eigenvalue weighted by Gasteiger charge is -2.14. The van der Waals surface area contributed by atoms with E-state index >= 15 is 0 Å². The molecule has 3 heteroatoms. The van der Waals surface area contributed by atoms with Crippen molar-refractivity contribution in [3.63, 3.8) is 0 Å². The predicted octanol–water partition coefficient (Wildman–Crippen LogP) is 2.05. The highest BCUT2D eigenvalue weighted by molar-refractivity contribution is 6.76. The van der Waals surface area contributed by atoms with Crippen LogP contribution in [0, 0.1) is 0 Å². The molecule has 64 valence electrons. The zero-order valence-corrected chi connectivity index (χ0v) is 8.52. The molecule has 0 aliphatic heterocycles. The molecule has 0 atom stereocenters. The maximum absolute atomic E-state index is 10.6. The second-order valence-corrected chi connectivity index (χ2v) is 9.30. The lowest BCUT2D eigenvalue weighted by atomic mass is 10.6. The minimum atomic E-state index is -1.05. The molecule has 0 aromatic rings. The average molecular weight is 172 g/mol. The number of esters is 1. The molecule has 0 heterocycles. The van der Waals surface area contributed by atoms with Crippen LogP contribution in [0.3, 0.4) is 0 Å². The molecule has 0 aliphatic carbocycles. The SMILES string of the molecule is C=CC(=O)OCC[Si](C)(C)C. The van der Waals surface area contributed by atoms with Gasteiger partial charge in [-0.1, -0.05) is 26.2 Å². The van der Waals surface area contributed by atoms with Gasteiger partial charge in [0.2, 0.25) is 0 Å². The van der Waals surface area contributed by atoms with Crippen molar-refractivity contribution in [1.82, 2.24) is 0 Å². The Morgan fingerprint density at radius 2 is 2.09 bits per heavy atom. The molecular formula is C8H16O2Si. The zero-order valence-electron chi connectivity index (χ0n) is 7.52. The van der Waals surface area contributed by atoms with Gasteiger partial charge in [-0.15, -0.1) is 0 Å². The largest absolute Gasteiger partial charge is 0.463 e. The van der Waals surface area contributed by atoms with Crippen LogP contribution in [0.25, 0.3) is 0 Å². The Balaban J connectivity index is 3.42. The van der Waals surface area contributed by atoms with Crippen molar-refractivity contribution in [1.29, 1.82) is 0 Å². The Kier molecular flexibility index (Phi) is 4.11. The Morgan fingerprint density at radius 3 is 2.45 bits per heavy atom. The minimum absolute atomic E-state index is 0.316. The first-order valence-corrected chi connectivity index (χ1v) is 7.45. The van der Waals surface area contributed by atoms with Crippen molar-refractivity contribution in [2.24, 2.45) is 0 Å². The van der Waals surface area contributed by atoms with Crippen LogP contribution in [0.4, 0.5) is 0 Å².